The lowest BCUT2D eigenvalue weighted by molar-refractivity contribution is -0.157. The average molecular weight is 553 g/mol. The van der Waals surface area contributed by atoms with Crippen LogP contribution in [0.2, 0.25) is 0 Å². The molecule has 3 aliphatic rings. The number of phenols is 1. The van der Waals surface area contributed by atoms with Gasteiger partial charge in [0.25, 0.3) is 0 Å². The molecule has 0 fully saturated rings. The van der Waals surface area contributed by atoms with E-state index in [1.54, 1.807) is 13.8 Å². The molecule has 0 aromatic heterocycles. The van der Waals surface area contributed by atoms with Gasteiger partial charge in [-0.15, -0.1) is 0 Å². The second-order valence-corrected chi connectivity index (χ2v) is 12.9. The van der Waals surface area contributed by atoms with Gasteiger partial charge in [-0.2, -0.15) is 0 Å². The molecule has 2 aromatic carbocycles. The number of phenolic OH excluding ortho intramolecular Hbond substituents is 1. The van der Waals surface area contributed by atoms with Gasteiger partial charge in [0.2, 0.25) is 5.78 Å². The minimum atomic E-state index is -2.44. The van der Waals surface area contributed by atoms with Gasteiger partial charge in [-0.25, -0.2) is 0 Å². The van der Waals surface area contributed by atoms with E-state index in [0.717, 1.165) is 16.7 Å². The van der Waals surface area contributed by atoms with Crippen LogP contribution in [0.4, 0.5) is 0 Å². The van der Waals surface area contributed by atoms with E-state index < -0.39 is 39.5 Å². The molecule has 0 amide bonds. The number of aromatic hydroxyl groups is 1. The van der Waals surface area contributed by atoms with Gasteiger partial charge in [0, 0.05) is 22.0 Å². The number of rotatable bonds is 2. The Hall–Kier alpha value is -3.95. The topological polar surface area (TPSA) is 112 Å². The third-order valence-electron chi connectivity index (χ3n) is 9.30. The first-order valence-electron chi connectivity index (χ1n) is 14.0. The summed E-state index contributed by atoms with van der Waals surface area (Å²) >= 11 is 0. The summed E-state index contributed by atoms with van der Waals surface area (Å²) in [4.78, 5) is 40.4. The molecule has 0 saturated heterocycles. The van der Waals surface area contributed by atoms with Crippen LogP contribution in [-0.4, -0.2) is 38.3 Å². The molecular formula is C35H36O6. The largest absolute Gasteiger partial charge is 0.508 e. The summed E-state index contributed by atoms with van der Waals surface area (Å²) in [6.45, 7) is 12.6. The summed E-state index contributed by atoms with van der Waals surface area (Å²) in [5.41, 5.74) is -0.420. The normalized spacial score (nSPS) is 27.2. The highest BCUT2D eigenvalue weighted by molar-refractivity contribution is 6.25. The first-order chi connectivity index (χ1) is 19.1. The Morgan fingerprint density at radius 3 is 2.22 bits per heavy atom. The fourth-order valence-corrected chi connectivity index (χ4v) is 7.51. The number of hydrogen-bond acceptors (Lipinski definition) is 6. The second-order valence-electron chi connectivity index (χ2n) is 12.9. The van der Waals surface area contributed by atoms with Crippen molar-refractivity contribution in [2.45, 2.75) is 79.2 Å². The van der Waals surface area contributed by atoms with E-state index in [2.05, 4.69) is 11.8 Å². The molecule has 3 atom stereocenters. The molecule has 0 bridgehead atoms. The number of fused-ring (bicyclic) bond motifs is 3. The van der Waals surface area contributed by atoms with Crippen LogP contribution in [0, 0.1) is 29.6 Å². The summed E-state index contributed by atoms with van der Waals surface area (Å²) in [5.74, 6) is 3.07. The maximum absolute atomic E-state index is 14.3. The molecular weight excluding hydrogens is 516 g/mol. The summed E-state index contributed by atoms with van der Waals surface area (Å²) < 4.78 is 0. The van der Waals surface area contributed by atoms with E-state index in [9.17, 15) is 29.7 Å². The molecule has 6 heteroatoms. The number of carbonyl (C=O) groups excluding carboxylic acids is 3. The standard InChI is InChI=1S/C35H36O6/c1-18(2)24-14-23(13-12-22-10-8-19(3)9-11-22)29(37)27-25(24)16-33(6)17-34(7)15-20(4)26(21(5)36)31(39)35(34,41)32(40)28(33)30(27)38/h8-11,14,18,37,40-41H,15-17H2,1-7H3/t33-,34+,35+/m1/s1. The Morgan fingerprint density at radius 1 is 1.00 bits per heavy atom. The van der Waals surface area contributed by atoms with E-state index in [1.165, 1.54) is 6.92 Å². The fourth-order valence-electron chi connectivity index (χ4n) is 7.51. The Morgan fingerprint density at radius 2 is 1.63 bits per heavy atom. The molecule has 3 N–H and O–H groups in total. The molecule has 41 heavy (non-hydrogen) atoms. The van der Waals surface area contributed by atoms with E-state index in [1.807, 2.05) is 58.0 Å². The van der Waals surface area contributed by atoms with Crippen molar-refractivity contribution in [1.82, 2.24) is 0 Å². The first-order valence-corrected chi connectivity index (χ1v) is 14.0. The van der Waals surface area contributed by atoms with Crippen molar-refractivity contribution in [2.24, 2.45) is 10.8 Å². The molecule has 0 radical (unpaired) electrons. The van der Waals surface area contributed by atoms with Crippen molar-refractivity contribution in [3.63, 3.8) is 0 Å². The molecule has 3 aliphatic carbocycles. The van der Waals surface area contributed by atoms with Gasteiger partial charge in [-0.05, 0) is 75.3 Å². The van der Waals surface area contributed by atoms with Crippen LogP contribution in [0.5, 0.6) is 5.75 Å². The smallest absolute Gasteiger partial charge is 0.206 e. The number of aryl methyl sites for hydroxylation is 1. The molecule has 0 unspecified atom stereocenters. The minimum absolute atomic E-state index is 0.00970. The molecule has 6 nitrogen and oxygen atoms in total. The Balaban J connectivity index is 1.74. The van der Waals surface area contributed by atoms with Crippen LogP contribution in [-0.2, 0) is 16.0 Å². The Kier molecular flexibility index (Phi) is 6.47. The van der Waals surface area contributed by atoms with Crippen molar-refractivity contribution in [3.8, 4) is 17.6 Å². The molecule has 0 aliphatic heterocycles. The number of aliphatic hydroxyl groups is 2. The quantitative estimate of drug-likeness (QED) is 0.321. The van der Waals surface area contributed by atoms with Crippen LogP contribution in [0.1, 0.15) is 98.5 Å². The van der Waals surface area contributed by atoms with Crippen molar-refractivity contribution in [3.05, 3.63) is 86.2 Å². The van der Waals surface area contributed by atoms with Gasteiger partial charge in [-0.3, -0.25) is 14.4 Å². The van der Waals surface area contributed by atoms with Crippen LogP contribution in [0.15, 0.2) is 52.8 Å². The fraction of sp³-hybridized carbons (Fsp3) is 0.400. The SMILES string of the molecule is CC(=O)C1=C(C)C[C@@]2(C)C[C@@]3(C)Cc4c(C(C)C)cc(C#Cc5ccc(C)cc5)c(O)c4C(=O)C3=C(O)[C@@]2(O)C1=O. The van der Waals surface area contributed by atoms with Crippen LogP contribution in [0.25, 0.3) is 0 Å². The summed E-state index contributed by atoms with van der Waals surface area (Å²) in [6.07, 6.45) is 0.763. The van der Waals surface area contributed by atoms with Crippen molar-refractivity contribution < 1.29 is 29.7 Å². The summed E-state index contributed by atoms with van der Waals surface area (Å²) in [6, 6.07) is 9.48. The van der Waals surface area contributed by atoms with Gasteiger partial charge in [0.05, 0.1) is 16.7 Å². The number of aliphatic hydroxyl groups excluding tert-OH is 1. The van der Waals surface area contributed by atoms with Crippen molar-refractivity contribution in [2.75, 3.05) is 0 Å². The molecule has 212 valence electrons. The van der Waals surface area contributed by atoms with Crippen LogP contribution < -0.4 is 0 Å². The number of Topliss-reactive ketones (excluding diaryl/α,β-unsaturated/α-hetero) is 3. The molecule has 5 rings (SSSR count). The highest BCUT2D eigenvalue weighted by Crippen LogP contribution is 2.62. The predicted octanol–water partition coefficient (Wildman–Crippen LogP) is 5.80. The van der Waals surface area contributed by atoms with Gasteiger partial charge >= 0.3 is 0 Å². The summed E-state index contributed by atoms with van der Waals surface area (Å²) in [7, 11) is 0. The molecule has 0 spiro atoms. The van der Waals surface area contributed by atoms with Gasteiger partial charge < -0.3 is 15.3 Å². The minimum Gasteiger partial charge on any atom is -0.508 e. The van der Waals surface area contributed by atoms with E-state index in [4.69, 9.17) is 0 Å². The zero-order valence-corrected chi connectivity index (χ0v) is 24.7. The van der Waals surface area contributed by atoms with Gasteiger partial charge in [-0.1, -0.05) is 62.8 Å². The predicted molar refractivity (Wildman–Crippen MR) is 156 cm³/mol. The van der Waals surface area contributed by atoms with Crippen LogP contribution in [0.3, 0.4) is 0 Å². The lowest BCUT2D eigenvalue weighted by Gasteiger charge is -2.56. The summed E-state index contributed by atoms with van der Waals surface area (Å²) in [5, 5.41) is 35.1. The highest BCUT2D eigenvalue weighted by atomic mass is 16.3. The highest BCUT2D eigenvalue weighted by Gasteiger charge is 2.67. The molecule has 0 heterocycles. The van der Waals surface area contributed by atoms with Crippen molar-refractivity contribution in [1.29, 1.82) is 0 Å². The third kappa shape index (κ3) is 4.01. The van der Waals surface area contributed by atoms with E-state index >= 15 is 0 Å². The Labute approximate surface area is 240 Å². The van der Waals surface area contributed by atoms with E-state index in [-0.39, 0.29) is 46.8 Å². The first kappa shape index (κ1) is 28.6. The van der Waals surface area contributed by atoms with Gasteiger partial charge in [0.15, 0.2) is 17.2 Å². The van der Waals surface area contributed by atoms with Crippen LogP contribution >= 0.6 is 0 Å². The zero-order chi connectivity index (χ0) is 30.2. The molecule has 2 aromatic rings. The van der Waals surface area contributed by atoms with E-state index in [0.29, 0.717) is 17.6 Å². The number of hydrogen-bond donors (Lipinski definition) is 3. The second kappa shape index (κ2) is 9.29. The maximum Gasteiger partial charge on any atom is 0.206 e. The van der Waals surface area contributed by atoms with Crippen molar-refractivity contribution >= 4 is 17.3 Å². The Bertz CT molecular complexity index is 1680. The maximum atomic E-state index is 14.3. The third-order valence-corrected chi connectivity index (χ3v) is 9.30. The number of carbonyl (C=O) groups is 3. The lowest BCUT2D eigenvalue weighted by Crippen LogP contribution is -2.63. The van der Waals surface area contributed by atoms with Gasteiger partial charge in [0.1, 0.15) is 11.5 Å². The zero-order valence-electron chi connectivity index (χ0n) is 24.7. The lowest BCUT2D eigenvalue weighted by atomic mass is 9.48. The average Bonchev–Trinajstić information content (AvgIpc) is 2.86. The number of benzene rings is 2. The number of allylic oxidation sites excluding steroid dienone is 2. The number of ketones is 3. The molecule has 0 saturated carbocycles. The monoisotopic (exact) mass is 552 g/mol.